The summed E-state index contributed by atoms with van der Waals surface area (Å²) in [4.78, 5) is 12.5. The molecule has 1 N–H and O–H groups in total. The third-order valence-electron chi connectivity index (χ3n) is 3.35. The summed E-state index contributed by atoms with van der Waals surface area (Å²) < 4.78 is 27.6. The fourth-order valence-electron chi connectivity index (χ4n) is 2.17. The number of halogens is 1. The Morgan fingerprint density at radius 1 is 1.26 bits per heavy atom. The van der Waals surface area contributed by atoms with E-state index in [1.165, 1.54) is 0 Å². The van der Waals surface area contributed by atoms with E-state index < -0.39 is 15.8 Å². The molecule has 0 saturated carbocycles. The molecule has 7 heteroatoms. The SMILES string of the molecule is CS(=O)(=O)CCNC(=O)C(Cc1ccco1)c1ccc(Cl)cc1. The summed E-state index contributed by atoms with van der Waals surface area (Å²) in [5.41, 5.74) is 0.794. The minimum Gasteiger partial charge on any atom is -0.469 e. The van der Waals surface area contributed by atoms with E-state index in [2.05, 4.69) is 5.32 Å². The maximum atomic E-state index is 12.5. The minimum atomic E-state index is -3.12. The molecule has 124 valence electrons. The number of carbonyl (C=O) groups is 1. The lowest BCUT2D eigenvalue weighted by atomic mass is 9.93. The van der Waals surface area contributed by atoms with Gasteiger partial charge in [-0.15, -0.1) is 0 Å². The number of benzene rings is 1. The first kappa shape index (κ1) is 17.6. The van der Waals surface area contributed by atoms with Crippen molar-refractivity contribution >= 4 is 27.3 Å². The molecule has 5 nitrogen and oxygen atoms in total. The summed E-state index contributed by atoms with van der Waals surface area (Å²) in [7, 11) is -3.12. The standard InChI is InChI=1S/C16H18ClNO4S/c1-23(20,21)10-8-18-16(19)15(11-14-3-2-9-22-14)12-4-6-13(17)7-5-12/h2-7,9,15H,8,10-11H2,1H3,(H,18,19). The van der Waals surface area contributed by atoms with Crippen molar-refractivity contribution in [2.24, 2.45) is 0 Å². The molecule has 1 aromatic heterocycles. The van der Waals surface area contributed by atoms with E-state index in [0.717, 1.165) is 11.8 Å². The summed E-state index contributed by atoms with van der Waals surface area (Å²) in [6.07, 6.45) is 3.08. The van der Waals surface area contributed by atoms with Crippen LogP contribution in [0, 0.1) is 0 Å². The van der Waals surface area contributed by atoms with E-state index in [0.29, 0.717) is 17.2 Å². The number of nitrogens with one attached hydrogen (secondary N) is 1. The maximum absolute atomic E-state index is 12.5. The minimum absolute atomic E-state index is 0.0832. The van der Waals surface area contributed by atoms with Crippen LogP contribution in [0.15, 0.2) is 47.1 Å². The van der Waals surface area contributed by atoms with Crippen LogP contribution in [0.1, 0.15) is 17.2 Å². The first-order valence-electron chi connectivity index (χ1n) is 7.08. The third kappa shape index (κ3) is 5.73. The van der Waals surface area contributed by atoms with Crippen molar-refractivity contribution in [2.75, 3.05) is 18.6 Å². The maximum Gasteiger partial charge on any atom is 0.228 e. The molecule has 1 heterocycles. The van der Waals surface area contributed by atoms with Gasteiger partial charge in [-0.2, -0.15) is 0 Å². The average Bonchev–Trinajstić information content (AvgIpc) is 2.97. The summed E-state index contributed by atoms with van der Waals surface area (Å²) in [6.45, 7) is 0.0832. The highest BCUT2D eigenvalue weighted by molar-refractivity contribution is 7.90. The van der Waals surface area contributed by atoms with Gasteiger partial charge < -0.3 is 9.73 Å². The van der Waals surface area contributed by atoms with E-state index >= 15 is 0 Å². The van der Waals surface area contributed by atoms with Crippen molar-refractivity contribution in [1.82, 2.24) is 5.32 Å². The molecule has 1 unspecified atom stereocenters. The van der Waals surface area contributed by atoms with Gasteiger partial charge in [0.05, 0.1) is 17.9 Å². The van der Waals surface area contributed by atoms with Gasteiger partial charge in [0.2, 0.25) is 5.91 Å². The number of hydrogen-bond acceptors (Lipinski definition) is 4. The van der Waals surface area contributed by atoms with Gasteiger partial charge in [0, 0.05) is 24.2 Å². The van der Waals surface area contributed by atoms with E-state index in [1.807, 2.05) is 0 Å². The van der Waals surface area contributed by atoms with Crippen LogP contribution in [-0.2, 0) is 21.1 Å². The highest BCUT2D eigenvalue weighted by atomic mass is 35.5. The zero-order chi connectivity index (χ0) is 16.9. The molecule has 0 aliphatic rings. The Morgan fingerprint density at radius 2 is 1.96 bits per heavy atom. The molecular formula is C16H18ClNO4S. The number of rotatable bonds is 7. The molecule has 23 heavy (non-hydrogen) atoms. The van der Waals surface area contributed by atoms with Crippen molar-refractivity contribution < 1.29 is 17.6 Å². The zero-order valence-electron chi connectivity index (χ0n) is 12.7. The second-order valence-corrected chi connectivity index (χ2v) is 8.00. The molecule has 0 aliphatic heterocycles. The second kappa shape index (κ2) is 7.66. The molecule has 1 amide bonds. The van der Waals surface area contributed by atoms with Gasteiger partial charge in [-0.25, -0.2) is 8.42 Å². The molecule has 1 atom stereocenters. The number of hydrogen-bond donors (Lipinski definition) is 1. The fraction of sp³-hybridized carbons (Fsp3) is 0.312. The van der Waals surface area contributed by atoms with E-state index in [9.17, 15) is 13.2 Å². The quantitative estimate of drug-likeness (QED) is 0.827. The highest BCUT2D eigenvalue weighted by Gasteiger charge is 2.22. The highest BCUT2D eigenvalue weighted by Crippen LogP contribution is 2.23. The Morgan fingerprint density at radius 3 is 2.52 bits per heavy atom. The molecular weight excluding hydrogens is 338 g/mol. The Bertz CT molecular complexity index is 739. The average molecular weight is 356 g/mol. The molecule has 1 aromatic carbocycles. The largest absolute Gasteiger partial charge is 0.469 e. The number of amides is 1. The fourth-order valence-corrected chi connectivity index (χ4v) is 2.77. The second-order valence-electron chi connectivity index (χ2n) is 5.31. The lowest BCUT2D eigenvalue weighted by Gasteiger charge is -2.16. The van der Waals surface area contributed by atoms with E-state index in [4.69, 9.17) is 16.0 Å². The van der Waals surface area contributed by atoms with Gasteiger partial charge in [0.25, 0.3) is 0 Å². The van der Waals surface area contributed by atoms with Crippen LogP contribution in [-0.4, -0.2) is 32.9 Å². The molecule has 2 rings (SSSR count). The topological polar surface area (TPSA) is 76.4 Å². The van der Waals surface area contributed by atoms with Gasteiger partial charge in [0.15, 0.2) is 0 Å². The van der Waals surface area contributed by atoms with Crippen molar-refractivity contribution in [3.63, 3.8) is 0 Å². The third-order valence-corrected chi connectivity index (χ3v) is 4.54. The molecule has 0 saturated heterocycles. The Labute approximate surface area is 140 Å². The predicted molar refractivity (Wildman–Crippen MR) is 89.3 cm³/mol. The molecule has 0 spiro atoms. The summed E-state index contributed by atoms with van der Waals surface area (Å²) in [6, 6.07) is 10.6. The van der Waals surface area contributed by atoms with Crippen LogP contribution in [0.2, 0.25) is 5.02 Å². The van der Waals surface area contributed by atoms with Crippen molar-refractivity contribution in [3.8, 4) is 0 Å². The monoisotopic (exact) mass is 355 g/mol. The molecule has 0 aliphatic carbocycles. The molecule has 2 aromatic rings. The van der Waals surface area contributed by atoms with Crippen molar-refractivity contribution in [3.05, 3.63) is 59.0 Å². The number of sulfone groups is 1. The van der Waals surface area contributed by atoms with Crippen molar-refractivity contribution in [2.45, 2.75) is 12.3 Å². The van der Waals surface area contributed by atoms with E-state index in [-0.39, 0.29) is 18.2 Å². The lowest BCUT2D eigenvalue weighted by molar-refractivity contribution is -0.122. The Balaban J connectivity index is 2.12. The normalized spacial score (nSPS) is 12.8. The van der Waals surface area contributed by atoms with Gasteiger partial charge >= 0.3 is 0 Å². The van der Waals surface area contributed by atoms with Crippen LogP contribution in [0.3, 0.4) is 0 Å². The van der Waals surface area contributed by atoms with Gasteiger partial charge in [-0.05, 0) is 29.8 Å². The first-order chi connectivity index (χ1) is 10.8. The van der Waals surface area contributed by atoms with Crippen LogP contribution >= 0.6 is 11.6 Å². The molecule has 0 radical (unpaired) electrons. The Kier molecular flexibility index (Phi) is 5.85. The van der Waals surface area contributed by atoms with Gasteiger partial charge in [-0.3, -0.25) is 4.79 Å². The predicted octanol–water partition coefficient (Wildman–Crippen LogP) is 2.42. The lowest BCUT2D eigenvalue weighted by Crippen LogP contribution is -2.33. The first-order valence-corrected chi connectivity index (χ1v) is 9.52. The zero-order valence-corrected chi connectivity index (χ0v) is 14.2. The number of furan rings is 1. The van der Waals surface area contributed by atoms with E-state index in [1.54, 1.807) is 42.7 Å². The van der Waals surface area contributed by atoms with Crippen LogP contribution in [0.25, 0.3) is 0 Å². The number of carbonyl (C=O) groups excluding carboxylic acids is 1. The summed E-state index contributed by atoms with van der Waals surface area (Å²) in [5.74, 6) is -0.124. The summed E-state index contributed by atoms with van der Waals surface area (Å²) >= 11 is 5.89. The van der Waals surface area contributed by atoms with Crippen molar-refractivity contribution in [1.29, 1.82) is 0 Å². The molecule has 0 bridgehead atoms. The summed E-state index contributed by atoms with van der Waals surface area (Å²) in [5, 5.41) is 3.26. The van der Waals surface area contributed by atoms with Crippen LogP contribution < -0.4 is 5.32 Å². The van der Waals surface area contributed by atoms with Gasteiger partial charge in [0.1, 0.15) is 15.6 Å². The molecule has 0 fully saturated rings. The van der Waals surface area contributed by atoms with Crippen LogP contribution in [0.4, 0.5) is 0 Å². The van der Waals surface area contributed by atoms with Crippen LogP contribution in [0.5, 0.6) is 0 Å². The Hall–Kier alpha value is -1.79. The smallest absolute Gasteiger partial charge is 0.228 e. The van der Waals surface area contributed by atoms with Gasteiger partial charge in [-0.1, -0.05) is 23.7 Å².